The van der Waals surface area contributed by atoms with E-state index in [2.05, 4.69) is 32.0 Å². The van der Waals surface area contributed by atoms with Gasteiger partial charge in [0, 0.05) is 79.4 Å². The van der Waals surface area contributed by atoms with E-state index in [4.69, 9.17) is 14.6 Å². The quantitative estimate of drug-likeness (QED) is 0.180. The first-order valence-corrected chi connectivity index (χ1v) is 22.8. The van der Waals surface area contributed by atoms with E-state index in [1.54, 1.807) is 27.3 Å². The van der Waals surface area contributed by atoms with Crippen molar-refractivity contribution in [2.45, 2.75) is 103 Å². The topological polar surface area (TPSA) is 161 Å². The summed E-state index contributed by atoms with van der Waals surface area (Å²) in [4.78, 5) is 74.0. The fourth-order valence-electron chi connectivity index (χ4n) is 11.7. The van der Waals surface area contributed by atoms with Gasteiger partial charge in [0.05, 0.1) is 44.1 Å². The van der Waals surface area contributed by atoms with Gasteiger partial charge in [-0.2, -0.15) is 5.10 Å². The van der Waals surface area contributed by atoms with Gasteiger partial charge in [-0.1, -0.05) is 0 Å². The second-order valence-corrected chi connectivity index (χ2v) is 18.6. The number of carbonyl (C=O) groups is 5. The molecule has 0 spiro atoms. The summed E-state index contributed by atoms with van der Waals surface area (Å²) in [6.07, 6.45) is 15.6. The Morgan fingerprint density at radius 1 is 0.797 bits per heavy atom. The highest BCUT2D eigenvalue weighted by molar-refractivity contribution is 6.23. The number of rotatable bonds is 8. The first kappa shape index (κ1) is 40.3. The summed E-state index contributed by atoms with van der Waals surface area (Å²) in [5.41, 5.74) is 10.3. The number of nitrogens with zero attached hydrogens (tertiary/aromatic N) is 7. The number of hydrogen-bond acceptors (Lipinski definition) is 10. The van der Waals surface area contributed by atoms with E-state index in [1.165, 1.54) is 11.3 Å². The van der Waals surface area contributed by atoms with Crippen LogP contribution in [0, 0.1) is 11.8 Å². The maximum Gasteiger partial charge on any atom is 0.262 e. The third-order valence-corrected chi connectivity index (χ3v) is 14.9. The molecular formula is C49H52N8O7. The van der Waals surface area contributed by atoms with Crippen molar-refractivity contribution in [1.29, 1.82) is 0 Å². The van der Waals surface area contributed by atoms with E-state index < -0.39 is 23.8 Å². The van der Waals surface area contributed by atoms with Crippen LogP contribution < -0.4 is 19.7 Å². The maximum atomic E-state index is 13.5. The van der Waals surface area contributed by atoms with Gasteiger partial charge in [-0.25, -0.2) is 4.98 Å². The van der Waals surface area contributed by atoms with Crippen molar-refractivity contribution in [2.24, 2.45) is 11.8 Å². The first-order valence-electron chi connectivity index (χ1n) is 22.8. The molecule has 5 aromatic rings. The van der Waals surface area contributed by atoms with E-state index in [-0.39, 0.29) is 30.7 Å². The van der Waals surface area contributed by atoms with Gasteiger partial charge in [0.1, 0.15) is 23.2 Å². The van der Waals surface area contributed by atoms with E-state index in [9.17, 15) is 24.0 Å². The predicted octanol–water partition coefficient (Wildman–Crippen LogP) is 6.14. The Morgan fingerprint density at radius 2 is 1.52 bits per heavy atom. The lowest BCUT2D eigenvalue weighted by Gasteiger charge is -2.33. The van der Waals surface area contributed by atoms with Crippen LogP contribution in [0.5, 0.6) is 11.5 Å². The number of pyridine rings is 1. The predicted molar refractivity (Wildman–Crippen MR) is 236 cm³/mol. The number of ether oxygens (including phenoxy) is 2. The Labute approximate surface area is 370 Å². The number of fused-ring (bicyclic) bond motifs is 5. The number of anilines is 2. The summed E-state index contributed by atoms with van der Waals surface area (Å²) in [5, 5.41) is 7.78. The number of aromatic nitrogens is 4. The Bertz CT molecular complexity index is 2750. The Kier molecular flexibility index (Phi) is 9.84. The Balaban J connectivity index is 0.812. The second kappa shape index (κ2) is 15.6. The fourth-order valence-corrected chi connectivity index (χ4v) is 11.7. The van der Waals surface area contributed by atoms with Crippen molar-refractivity contribution in [1.82, 2.24) is 34.3 Å². The van der Waals surface area contributed by atoms with Gasteiger partial charge in [-0.05, 0) is 117 Å². The van der Waals surface area contributed by atoms with Crippen molar-refractivity contribution in [3.05, 3.63) is 88.0 Å². The number of aryl methyl sites for hydroxylation is 1. The standard InChI is InChI=1S/C49H52N8O7/c1-27(58)53-15-12-39-38(25-53)46(55-14-4-5-30-20-34(42(63-2)24-41(30)55)35-23-44-50-13-16-54(44)26-43(35)64-3)52-57(39)33-8-6-28(7-9-33)17-29-18-31-21-36-37(22-32(31)19-29)49(62)56(48(36)61)40-10-11-45(59)51-47(40)60/h13,16,20-24,26,28-29,33,40H,4-12,14-15,17-19,25H2,1-3H3,(H,51,59,60). The number of carbonyl (C=O) groups excluding carboxylic acids is 5. The number of amides is 5. The van der Waals surface area contributed by atoms with Crippen molar-refractivity contribution in [3.63, 3.8) is 0 Å². The lowest BCUT2D eigenvalue weighted by atomic mass is 9.80. The van der Waals surface area contributed by atoms with Crippen LogP contribution in [0.15, 0.2) is 48.9 Å². The molecule has 5 amide bonds. The number of hydrogen-bond donors (Lipinski definition) is 1. The third kappa shape index (κ3) is 6.64. The molecule has 1 saturated heterocycles. The van der Waals surface area contributed by atoms with Gasteiger partial charge in [-0.15, -0.1) is 0 Å². The van der Waals surface area contributed by atoms with Crippen LogP contribution in [0.2, 0.25) is 0 Å². The molecule has 0 bridgehead atoms. The minimum absolute atomic E-state index is 0.0738. The van der Waals surface area contributed by atoms with Crippen molar-refractivity contribution in [2.75, 3.05) is 32.2 Å². The Hall–Kier alpha value is -6.51. The summed E-state index contributed by atoms with van der Waals surface area (Å²) in [5.74, 6) is 1.61. The molecule has 1 N–H and O–H groups in total. The summed E-state index contributed by atoms with van der Waals surface area (Å²) in [7, 11) is 3.39. The van der Waals surface area contributed by atoms with Crippen LogP contribution in [0.4, 0.5) is 11.5 Å². The molecule has 330 valence electrons. The molecule has 0 radical (unpaired) electrons. The zero-order valence-corrected chi connectivity index (χ0v) is 36.5. The number of methoxy groups -OCH3 is 2. The van der Waals surface area contributed by atoms with Crippen LogP contribution in [0.1, 0.15) is 113 Å². The van der Waals surface area contributed by atoms with Crippen LogP contribution >= 0.6 is 0 Å². The first-order chi connectivity index (χ1) is 31.1. The van der Waals surface area contributed by atoms with Gasteiger partial charge in [0.2, 0.25) is 17.7 Å². The van der Waals surface area contributed by atoms with Crippen molar-refractivity contribution < 1.29 is 33.4 Å². The number of benzene rings is 2. The molecule has 3 aromatic heterocycles. The van der Waals surface area contributed by atoms with Crippen LogP contribution in [0.3, 0.4) is 0 Å². The molecule has 7 heterocycles. The van der Waals surface area contributed by atoms with Crippen LogP contribution in [0.25, 0.3) is 16.8 Å². The largest absolute Gasteiger partial charge is 0.496 e. The van der Waals surface area contributed by atoms with Crippen LogP contribution in [-0.4, -0.2) is 91.9 Å². The average molecular weight is 865 g/mol. The molecule has 15 heteroatoms. The second-order valence-electron chi connectivity index (χ2n) is 18.6. The lowest BCUT2D eigenvalue weighted by molar-refractivity contribution is -0.136. The zero-order chi connectivity index (χ0) is 44.0. The van der Waals surface area contributed by atoms with Gasteiger partial charge in [0.15, 0.2) is 5.82 Å². The Morgan fingerprint density at radius 3 is 2.22 bits per heavy atom. The molecule has 6 aliphatic rings. The van der Waals surface area contributed by atoms with E-state index >= 15 is 0 Å². The van der Waals surface area contributed by atoms with Gasteiger partial charge < -0.3 is 23.7 Å². The van der Waals surface area contributed by atoms with Gasteiger partial charge >= 0.3 is 0 Å². The highest BCUT2D eigenvalue weighted by Crippen LogP contribution is 2.47. The molecule has 64 heavy (non-hydrogen) atoms. The molecule has 2 aromatic carbocycles. The summed E-state index contributed by atoms with van der Waals surface area (Å²) < 4.78 is 16.2. The minimum Gasteiger partial charge on any atom is -0.496 e. The minimum atomic E-state index is -0.961. The summed E-state index contributed by atoms with van der Waals surface area (Å²) in [6.45, 7) is 3.68. The van der Waals surface area contributed by atoms with Gasteiger partial charge in [0.25, 0.3) is 11.8 Å². The third-order valence-electron chi connectivity index (χ3n) is 14.9. The molecule has 1 atom stereocenters. The number of piperidine rings is 1. The zero-order valence-electron chi connectivity index (χ0n) is 36.5. The van der Waals surface area contributed by atoms with Crippen molar-refractivity contribution in [3.8, 4) is 22.6 Å². The van der Waals surface area contributed by atoms with Gasteiger partial charge in [-0.3, -0.25) is 38.9 Å². The number of nitrogens with one attached hydrogen (secondary N) is 1. The average Bonchev–Trinajstić information content (AvgIpc) is 4.08. The highest BCUT2D eigenvalue weighted by Gasteiger charge is 2.46. The van der Waals surface area contributed by atoms with Crippen molar-refractivity contribution >= 4 is 46.7 Å². The summed E-state index contributed by atoms with van der Waals surface area (Å²) in [6, 6.07) is 9.48. The molecule has 4 aliphatic heterocycles. The van der Waals surface area contributed by atoms with E-state index in [1.807, 2.05) is 39.9 Å². The molecule has 1 saturated carbocycles. The summed E-state index contributed by atoms with van der Waals surface area (Å²) >= 11 is 0. The van der Waals surface area contributed by atoms with Crippen LogP contribution in [-0.2, 0) is 46.6 Å². The van der Waals surface area contributed by atoms with E-state index in [0.29, 0.717) is 36.1 Å². The molecule has 15 nitrogen and oxygen atoms in total. The molecule has 2 aliphatic carbocycles. The molecule has 1 unspecified atom stereocenters. The highest BCUT2D eigenvalue weighted by atomic mass is 16.5. The normalized spacial score (nSPS) is 22.1. The smallest absolute Gasteiger partial charge is 0.262 e. The molecular weight excluding hydrogens is 813 g/mol. The molecule has 11 rings (SSSR count). The van der Waals surface area contributed by atoms with E-state index in [0.717, 1.165) is 132 Å². The maximum absolute atomic E-state index is 13.5. The monoisotopic (exact) mass is 864 g/mol. The fraction of sp³-hybridized carbons (Fsp3) is 0.449. The molecule has 2 fully saturated rings. The SMILES string of the molecule is COc1cc2c(cc1-c1cc3nccn3cc1OC)CCCN2c1nn(C2CCC(CC3Cc4cc5c(cc4C3)C(=O)N(C3CCC(=O)NC3=O)C5=O)CC2)c2c1CN(C(C)=O)CC2. The number of imidazole rings is 1. The lowest BCUT2D eigenvalue weighted by Crippen LogP contribution is -2.54. The number of imide groups is 2.